The highest BCUT2D eigenvalue weighted by Gasteiger charge is 2.22. The summed E-state index contributed by atoms with van der Waals surface area (Å²) in [5.74, 6) is -0.662. The number of hydrogen-bond donors (Lipinski definition) is 3. The summed E-state index contributed by atoms with van der Waals surface area (Å²) in [6.07, 6.45) is -0.601. The Morgan fingerprint density at radius 1 is 1.39 bits per heavy atom. The summed E-state index contributed by atoms with van der Waals surface area (Å²) in [5.41, 5.74) is 1.88. The van der Waals surface area contributed by atoms with Crippen molar-refractivity contribution in [3.05, 3.63) is 29.8 Å². The predicted octanol–water partition coefficient (Wildman–Crippen LogP) is 1.43. The first-order chi connectivity index (χ1) is 8.31. The molecule has 18 heavy (non-hydrogen) atoms. The van der Waals surface area contributed by atoms with Gasteiger partial charge in [-0.05, 0) is 31.0 Å². The van der Waals surface area contributed by atoms with Crippen LogP contribution in [0.2, 0.25) is 0 Å². The number of hydrogen-bond acceptors (Lipinski definition) is 4. The van der Waals surface area contributed by atoms with E-state index in [0.717, 1.165) is 11.3 Å². The van der Waals surface area contributed by atoms with E-state index in [9.17, 15) is 13.5 Å². The van der Waals surface area contributed by atoms with Crippen molar-refractivity contribution < 1.29 is 18.1 Å². The number of anilines is 1. The maximum atomic E-state index is 10.7. The molecule has 1 aromatic carbocycles. The minimum atomic E-state index is -4.17. The Labute approximate surface area is 108 Å². The molecule has 1 aromatic rings. The molecule has 0 fully saturated rings. The summed E-state index contributed by atoms with van der Waals surface area (Å²) in [6, 6.07) is 7.15. The Kier molecular flexibility index (Phi) is 5.13. The lowest BCUT2D eigenvalue weighted by molar-refractivity contribution is 0.170. The molecular formula is C12H19NO4S. The number of rotatable bonds is 6. The highest BCUT2D eigenvalue weighted by Crippen LogP contribution is 2.14. The molecule has 0 spiro atoms. The summed E-state index contributed by atoms with van der Waals surface area (Å²) in [4.78, 5) is 0. The average molecular weight is 273 g/mol. The highest BCUT2D eigenvalue weighted by molar-refractivity contribution is 7.85. The molecule has 0 radical (unpaired) electrons. The molecule has 0 saturated carbocycles. The first-order valence-electron chi connectivity index (χ1n) is 5.78. The fourth-order valence-electron chi connectivity index (χ4n) is 1.75. The van der Waals surface area contributed by atoms with Crippen molar-refractivity contribution in [3.8, 4) is 0 Å². The van der Waals surface area contributed by atoms with Gasteiger partial charge in [-0.15, -0.1) is 0 Å². The molecule has 0 saturated heterocycles. The van der Waals surface area contributed by atoms with Crippen molar-refractivity contribution in [2.45, 2.75) is 32.4 Å². The molecule has 0 amide bonds. The van der Waals surface area contributed by atoms with E-state index < -0.39 is 28.0 Å². The van der Waals surface area contributed by atoms with Crippen LogP contribution in [0, 0.1) is 6.92 Å². The van der Waals surface area contributed by atoms with Crippen LogP contribution >= 0.6 is 0 Å². The molecular weight excluding hydrogens is 254 g/mol. The minimum absolute atomic E-state index is 0.422. The fraction of sp³-hybridized carbons (Fsp3) is 0.500. The zero-order valence-electron chi connectivity index (χ0n) is 10.5. The summed E-state index contributed by atoms with van der Waals surface area (Å²) in [5, 5.41) is 12.8. The second-order valence-electron chi connectivity index (χ2n) is 4.34. The molecule has 0 aliphatic heterocycles. The van der Waals surface area contributed by atoms with E-state index in [1.54, 1.807) is 0 Å². The average Bonchev–Trinajstić information content (AvgIpc) is 2.23. The van der Waals surface area contributed by atoms with Crippen molar-refractivity contribution in [2.24, 2.45) is 0 Å². The smallest absolute Gasteiger partial charge is 0.267 e. The van der Waals surface area contributed by atoms with Crippen LogP contribution in [-0.4, -0.2) is 36.0 Å². The lowest BCUT2D eigenvalue weighted by Crippen LogP contribution is -2.38. The topological polar surface area (TPSA) is 86.6 Å². The van der Waals surface area contributed by atoms with Gasteiger partial charge >= 0.3 is 0 Å². The maximum absolute atomic E-state index is 10.7. The fourth-order valence-corrected chi connectivity index (χ4v) is 2.42. The summed E-state index contributed by atoms with van der Waals surface area (Å²) < 4.78 is 30.2. The van der Waals surface area contributed by atoms with Gasteiger partial charge in [-0.25, -0.2) is 0 Å². The first-order valence-corrected chi connectivity index (χ1v) is 7.39. The Morgan fingerprint density at radius 2 is 2.06 bits per heavy atom. The third kappa shape index (κ3) is 5.03. The lowest BCUT2D eigenvalue weighted by atomic mass is 10.1. The maximum Gasteiger partial charge on any atom is 0.267 e. The predicted molar refractivity (Wildman–Crippen MR) is 71.3 cm³/mol. The number of nitrogens with one attached hydrogen (secondary N) is 1. The van der Waals surface area contributed by atoms with Crippen molar-refractivity contribution in [1.29, 1.82) is 0 Å². The second-order valence-corrected chi connectivity index (χ2v) is 5.84. The third-order valence-electron chi connectivity index (χ3n) is 2.66. The molecule has 2 unspecified atom stereocenters. The molecule has 2 atom stereocenters. The van der Waals surface area contributed by atoms with Crippen molar-refractivity contribution in [1.82, 2.24) is 0 Å². The summed E-state index contributed by atoms with van der Waals surface area (Å²) in [6.45, 7) is 3.78. The molecule has 0 aromatic heterocycles. The summed E-state index contributed by atoms with van der Waals surface area (Å²) in [7, 11) is -4.17. The minimum Gasteiger partial charge on any atom is -0.390 e. The van der Waals surface area contributed by atoms with Gasteiger partial charge in [-0.1, -0.05) is 19.1 Å². The zero-order valence-corrected chi connectivity index (χ0v) is 11.3. The van der Waals surface area contributed by atoms with Crippen molar-refractivity contribution in [3.63, 3.8) is 0 Å². The molecule has 102 valence electrons. The van der Waals surface area contributed by atoms with Gasteiger partial charge in [-0.2, -0.15) is 8.42 Å². The number of benzene rings is 1. The van der Waals surface area contributed by atoms with Crippen molar-refractivity contribution >= 4 is 15.8 Å². The summed E-state index contributed by atoms with van der Waals surface area (Å²) >= 11 is 0. The molecule has 0 bridgehead atoms. The SMILES string of the molecule is CCC(Nc1cccc(C)c1)C(O)CS(=O)(=O)O. The Balaban J connectivity index is 2.73. The number of aliphatic hydroxyl groups excluding tert-OH is 1. The van der Waals surface area contributed by atoms with E-state index in [1.165, 1.54) is 0 Å². The van der Waals surface area contributed by atoms with Crippen LogP contribution in [0.25, 0.3) is 0 Å². The molecule has 5 nitrogen and oxygen atoms in total. The number of aliphatic hydroxyl groups is 1. The molecule has 1 rings (SSSR count). The van der Waals surface area contributed by atoms with Gasteiger partial charge in [0, 0.05) is 5.69 Å². The Bertz CT molecular complexity index is 487. The normalized spacial score (nSPS) is 15.1. The molecule has 0 aliphatic carbocycles. The van der Waals surface area contributed by atoms with Gasteiger partial charge in [0.05, 0.1) is 12.1 Å². The van der Waals surface area contributed by atoms with E-state index in [-0.39, 0.29) is 0 Å². The third-order valence-corrected chi connectivity index (χ3v) is 3.42. The molecule has 0 aliphatic rings. The van der Waals surface area contributed by atoms with Crippen LogP contribution in [0.4, 0.5) is 5.69 Å². The van der Waals surface area contributed by atoms with Crippen LogP contribution in [-0.2, 0) is 10.1 Å². The van der Waals surface area contributed by atoms with E-state index >= 15 is 0 Å². The van der Waals surface area contributed by atoms with E-state index in [2.05, 4.69) is 5.32 Å². The van der Waals surface area contributed by atoms with E-state index in [1.807, 2.05) is 38.1 Å². The quantitative estimate of drug-likeness (QED) is 0.683. The van der Waals surface area contributed by atoms with Gasteiger partial charge in [0.1, 0.15) is 5.75 Å². The van der Waals surface area contributed by atoms with Crippen LogP contribution in [0.5, 0.6) is 0 Å². The molecule has 3 N–H and O–H groups in total. The Hall–Kier alpha value is -1.11. The van der Waals surface area contributed by atoms with Gasteiger partial charge in [0.2, 0.25) is 0 Å². The van der Waals surface area contributed by atoms with Gasteiger partial charge < -0.3 is 10.4 Å². The van der Waals surface area contributed by atoms with Crippen LogP contribution in [0.3, 0.4) is 0 Å². The van der Waals surface area contributed by atoms with Gasteiger partial charge in [-0.3, -0.25) is 4.55 Å². The second kappa shape index (κ2) is 6.17. The largest absolute Gasteiger partial charge is 0.390 e. The van der Waals surface area contributed by atoms with Gasteiger partial charge in [0.25, 0.3) is 10.1 Å². The van der Waals surface area contributed by atoms with Crippen molar-refractivity contribution in [2.75, 3.05) is 11.1 Å². The highest BCUT2D eigenvalue weighted by atomic mass is 32.2. The van der Waals surface area contributed by atoms with E-state index in [4.69, 9.17) is 4.55 Å². The first kappa shape index (κ1) is 14.9. The lowest BCUT2D eigenvalue weighted by Gasteiger charge is -2.23. The monoisotopic (exact) mass is 273 g/mol. The molecule has 0 heterocycles. The van der Waals surface area contributed by atoms with Gasteiger partial charge in [0.15, 0.2) is 0 Å². The van der Waals surface area contributed by atoms with E-state index in [0.29, 0.717) is 6.42 Å². The zero-order chi connectivity index (χ0) is 13.8. The van der Waals surface area contributed by atoms with Crippen LogP contribution < -0.4 is 5.32 Å². The number of aryl methyl sites for hydroxylation is 1. The van der Waals surface area contributed by atoms with Crippen LogP contribution in [0.15, 0.2) is 24.3 Å². The van der Waals surface area contributed by atoms with Crippen LogP contribution in [0.1, 0.15) is 18.9 Å². The Morgan fingerprint density at radius 3 is 2.56 bits per heavy atom. The molecule has 6 heteroatoms. The standard InChI is InChI=1S/C12H19NO4S/c1-3-11(12(14)8-18(15,16)17)13-10-6-4-5-9(2)7-10/h4-7,11-14H,3,8H2,1-2H3,(H,15,16,17).